The van der Waals surface area contributed by atoms with Gasteiger partial charge in [-0.15, -0.1) is 0 Å². The van der Waals surface area contributed by atoms with E-state index in [9.17, 15) is 22.8 Å². The van der Waals surface area contributed by atoms with E-state index in [0.717, 1.165) is 35.8 Å². The maximum atomic E-state index is 15.3. The van der Waals surface area contributed by atoms with Gasteiger partial charge in [0.25, 0.3) is 5.91 Å². The van der Waals surface area contributed by atoms with Crippen molar-refractivity contribution in [1.82, 2.24) is 19.3 Å². The molecule has 0 spiro atoms. The number of amides is 2. The largest absolute Gasteiger partial charge is 0.416 e. The number of likely N-dealkylation sites (tertiary alicyclic amines) is 1. The van der Waals surface area contributed by atoms with E-state index >= 15 is 4.39 Å². The SMILES string of the molecule is C=CC(=O)N1CCC(c2cc(-c3ccc(C(=O)Nc4cc(C(F)(F)F)ccn4)cc3F)n3cnccc23)C1. The number of pyridine rings is 1. The molecule has 1 atom stereocenters. The summed E-state index contributed by atoms with van der Waals surface area (Å²) in [7, 11) is 0. The van der Waals surface area contributed by atoms with Crippen LogP contribution in [0, 0.1) is 5.82 Å². The highest BCUT2D eigenvalue weighted by Crippen LogP contribution is 2.36. The van der Waals surface area contributed by atoms with Crippen molar-refractivity contribution in [2.24, 2.45) is 0 Å². The van der Waals surface area contributed by atoms with E-state index in [2.05, 4.69) is 21.9 Å². The van der Waals surface area contributed by atoms with Crippen LogP contribution in [0.3, 0.4) is 0 Å². The van der Waals surface area contributed by atoms with Crippen molar-refractivity contribution in [3.05, 3.63) is 96.3 Å². The Morgan fingerprint density at radius 3 is 2.66 bits per heavy atom. The zero-order valence-corrected chi connectivity index (χ0v) is 19.9. The molecule has 1 aromatic carbocycles. The van der Waals surface area contributed by atoms with Crippen molar-refractivity contribution >= 4 is 23.1 Å². The third kappa shape index (κ3) is 4.74. The predicted molar refractivity (Wildman–Crippen MR) is 132 cm³/mol. The summed E-state index contributed by atoms with van der Waals surface area (Å²) in [5, 5.41) is 2.27. The summed E-state index contributed by atoms with van der Waals surface area (Å²) in [6.07, 6.45) is 1.56. The zero-order valence-electron chi connectivity index (χ0n) is 19.9. The lowest BCUT2D eigenvalue weighted by Crippen LogP contribution is -2.26. The molecule has 7 nitrogen and oxygen atoms in total. The topological polar surface area (TPSA) is 79.6 Å². The minimum absolute atomic E-state index is 0.0399. The van der Waals surface area contributed by atoms with E-state index in [-0.39, 0.29) is 28.8 Å². The van der Waals surface area contributed by atoms with E-state index in [0.29, 0.717) is 24.8 Å². The summed E-state index contributed by atoms with van der Waals surface area (Å²) in [5.74, 6) is -1.90. The molecule has 0 bridgehead atoms. The molecule has 5 rings (SSSR count). The smallest absolute Gasteiger partial charge is 0.339 e. The number of halogens is 4. The molecule has 11 heteroatoms. The first-order chi connectivity index (χ1) is 18.2. The van der Waals surface area contributed by atoms with Gasteiger partial charge in [0.2, 0.25) is 5.91 Å². The molecule has 0 radical (unpaired) electrons. The predicted octanol–water partition coefficient (Wildman–Crippen LogP) is 5.31. The average Bonchev–Trinajstić information content (AvgIpc) is 3.53. The lowest BCUT2D eigenvalue weighted by Gasteiger charge is -2.13. The number of nitrogens with zero attached hydrogens (tertiary/aromatic N) is 4. The van der Waals surface area contributed by atoms with Gasteiger partial charge in [0.05, 0.1) is 23.1 Å². The fourth-order valence-corrected chi connectivity index (χ4v) is 4.69. The molecule has 0 aliphatic carbocycles. The fourth-order valence-electron chi connectivity index (χ4n) is 4.69. The standard InChI is InChI=1S/C27H21F4N5O2/c1-2-25(37)35-10-7-17(14-35)20-13-23(36-15-32-8-6-22(20)36)19-4-3-16(11-21(19)28)26(38)34-24-12-18(5-9-33-24)27(29,30)31/h2-6,8-9,11-13,15,17H,1,7,10,14H2,(H,33,34,38). The first-order valence-corrected chi connectivity index (χ1v) is 11.7. The Kier molecular flexibility index (Phi) is 6.43. The van der Waals surface area contributed by atoms with Crippen LogP contribution in [0.25, 0.3) is 16.8 Å². The monoisotopic (exact) mass is 523 g/mol. The highest BCUT2D eigenvalue weighted by atomic mass is 19.4. The number of hydrogen-bond donors (Lipinski definition) is 1. The highest BCUT2D eigenvalue weighted by Gasteiger charge is 2.31. The van der Waals surface area contributed by atoms with Crippen LogP contribution < -0.4 is 5.32 Å². The van der Waals surface area contributed by atoms with Gasteiger partial charge in [0, 0.05) is 42.5 Å². The highest BCUT2D eigenvalue weighted by molar-refractivity contribution is 6.04. The second-order valence-corrected chi connectivity index (χ2v) is 8.87. The molecule has 0 saturated carbocycles. The summed E-state index contributed by atoms with van der Waals surface area (Å²) in [4.78, 5) is 34.3. The molecule has 1 saturated heterocycles. The molecule has 1 unspecified atom stereocenters. The third-order valence-corrected chi connectivity index (χ3v) is 6.56. The number of rotatable bonds is 5. The Labute approximate surface area is 214 Å². The van der Waals surface area contributed by atoms with Gasteiger partial charge in [-0.3, -0.25) is 14.0 Å². The molecule has 3 aromatic heterocycles. The molecule has 4 heterocycles. The molecular formula is C27H21F4N5O2. The van der Waals surface area contributed by atoms with Crippen molar-refractivity contribution < 1.29 is 27.2 Å². The van der Waals surface area contributed by atoms with Crippen molar-refractivity contribution in [2.75, 3.05) is 18.4 Å². The minimum atomic E-state index is -4.60. The second kappa shape index (κ2) is 9.73. The van der Waals surface area contributed by atoms with Crippen molar-refractivity contribution in [1.29, 1.82) is 0 Å². The summed E-state index contributed by atoms with van der Waals surface area (Å²) in [6, 6.07) is 9.01. The summed E-state index contributed by atoms with van der Waals surface area (Å²) in [6.45, 7) is 4.64. The Bertz CT molecular complexity index is 1560. The van der Waals surface area contributed by atoms with Gasteiger partial charge in [-0.25, -0.2) is 14.4 Å². The zero-order chi connectivity index (χ0) is 27.0. The van der Waals surface area contributed by atoms with Crippen LogP contribution in [0.1, 0.15) is 33.8 Å². The second-order valence-electron chi connectivity index (χ2n) is 8.87. The van der Waals surface area contributed by atoms with E-state index in [1.165, 1.54) is 18.2 Å². The van der Waals surface area contributed by atoms with Gasteiger partial charge in [0.15, 0.2) is 0 Å². The first kappa shape index (κ1) is 25.1. The molecule has 4 aromatic rings. The van der Waals surface area contributed by atoms with Gasteiger partial charge in [-0.1, -0.05) is 6.58 Å². The van der Waals surface area contributed by atoms with Gasteiger partial charge in [-0.2, -0.15) is 13.2 Å². The Morgan fingerprint density at radius 1 is 1.11 bits per heavy atom. The lowest BCUT2D eigenvalue weighted by atomic mass is 9.98. The van der Waals surface area contributed by atoms with Crippen LogP contribution >= 0.6 is 0 Å². The van der Waals surface area contributed by atoms with E-state index in [4.69, 9.17) is 0 Å². The van der Waals surface area contributed by atoms with Gasteiger partial charge in [0.1, 0.15) is 11.6 Å². The van der Waals surface area contributed by atoms with E-state index in [1.807, 2.05) is 12.1 Å². The Hall–Kier alpha value is -4.54. The fraction of sp³-hybridized carbons (Fsp3) is 0.185. The Balaban J connectivity index is 1.43. The number of fused-ring (bicyclic) bond motifs is 1. The average molecular weight is 523 g/mol. The van der Waals surface area contributed by atoms with Crippen molar-refractivity contribution in [2.45, 2.75) is 18.5 Å². The minimum Gasteiger partial charge on any atom is -0.339 e. The number of hydrogen-bond acceptors (Lipinski definition) is 4. The maximum Gasteiger partial charge on any atom is 0.416 e. The van der Waals surface area contributed by atoms with Crippen LogP contribution in [0.4, 0.5) is 23.4 Å². The van der Waals surface area contributed by atoms with E-state index in [1.54, 1.807) is 21.8 Å². The maximum absolute atomic E-state index is 15.3. The molecule has 1 aliphatic heterocycles. The third-order valence-electron chi connectivity index (χ3n) is 6.56. The normalized spacial score (nSPS) is 15.6. The summed E-state index contributed by atoms with van der Waals surface area (Å²) >= 11 is 0. The van der Waals surface area contributed by atoms with Crippen LogP contribution in [0.5, 0.6) is 0 Å². The molecular weight excluding hydrogens is 502 g/mol. The molecule has 1 N–H and O–H groups in total. The molecule has 194 valence electrons. The van der Waals surface area contributed by atoms with Crippen molar-refractivity contribution in [3.8, 4) is 11.3 Å². The van der Waals surface area contributed by atoms with E-state index < -0.39 is 23.5 Å². The number of anilines is 1. The van der Waals surface area contributed by atoms with Gasteiger partial charge >= 0.3 is 6.18 Å². The number of alkyl halides is 3. The van der Waals surface area contributed by atoms with Crippen LogP contribution in [-0.2, 0) is 11.0 Å². The summed E-state index contributed by atoms with van der Waals surface area (Å²) < 4.78 is 55.9. The van der Waals surface area contributed by atoms with Crippen LogP contribution in [-0.4, -0.2) is 44.2 Å². The molecule has 2 amide bonds. The van der Waals surface area contributed by atoms with Crippen LogP contribution in [0.15, 0.2) is 73.8 Å². The quantitative estimate of drug-likeness (QED) is 0.284. The summed E-state index contributed by atoms with van der Waals surface area (Å²) in [5.41, 5.74) is 1.45. The van der Waals surface area contributed by atoms with Gasteiger partial charge < -0.3 is 10.2 Å². The number of nitrogens with one attached hydrogen (secondary N) is 1. The number of benzene rings is 1. The number of aromatic nitrogens is 3. The molecule has 1 fully saturated rings. The molecule has 38 heavy (non-hydrogen) atoms. The van der Waals surface area contributed by atoms with Gasteiger partial charge in [-0.05, 0) is 60.5 Å². The Morgan fingerprint density at radius 2 is 1.92 bits per heavy atom. The lowest BCUT2D eigenvalue weighted by molar-refractivity contribution is -0.137. The number of carbonyl (C=O) groups is 2. The first-order valence-electron chi connectivity index (χ1n) is 11.7. The van der Waals surface area contributed by atoms with Crippen LogP contribution in [0.2, 0.25) is 0 Å². The number of carbonyl (C=O) groups excluding carboxylic acids is 2. The van der Waals surface area contributed by atoms with Crippen molar-refractivity contribution in [3.63, 3.8) is 0 Å². The molecule has 1 aliphatic rings.